The SMILES string of the molecule is CC[SH](C)(=O)c1cc(OC(C)(C)C#N)c(C)nc1-c1nc2cc(C(F)(F)F)cnc2n1C. The van der Waals surface area contributed by atoms with E-state index in [-0.39, 0.29) is 22.7 Å². The van der Waals surface area contributed by atoms with Crippen LogP contribution in [-0.4, -0.2) is 41.3 Å². The molecule has 3 aromatic rings. The molecule has 0 radical (unpaired) electrons. The van der Waals surface area contributed by atoms with Crippen LogP contribution >= 0.6 is 0 Å². The number of halogens is 3. The number of fused-ring (bicyclic) bond motifs is 1. The van der Waals surface area contributed by atoms with E-state index >= 15 is 0 Å². The Balaban J connectivity index is 2.28. The van der Waals surface area contributed by atoms with Crippen LogP contribution in [0.5, 0.6) is 5.75 Å². The third-order valence-corrected chi connectivity index (χ3v) is 7.71. The number of hydrogen-bond donors (Lipinski definition) is 1. The molecule has 3 aromatic heterocycles. The summed E-state index contributed by atoms with van der Waals surface area (Å²) in [4.78, 5) is 13.2. The first-order valence-electron chi connectivity index (χ1n) is 9.79. The Morgan fingerprint density at radius 1 is 1.25 bits per heavy atom. The van der Waals surface area contributed by atoms with Crippen molar-refractivity contribution in [1.82, 2.24) is 19.5 Å². The summed E-state index contributed by atoms with van der Waals surface area (Å²) in [6.45, 7) is 6.64. The molecule has 0 amide bonds. The number of nitriles is 1. The number of aryl methyl sites for hydroxylation is 2. The van der Waals surface area contributed by atoms with Crippen LogP contribution in [0.2, 0.25) is 0 Å². The van der Waals surface area contributed by atoms with E-state index in [1.54, 1.807) is 47.1 Å². The van der Waals surface area contributed by atoms with Crippen LogP contribution in [0.25, 0.3) is 22.7 Å². The molecule has 11 heteroatoms. The number of imidazole rings is 1. The molecule has 0 aliphatic heterocycles. The summed E-state index contributed by atoms with van der Waals surface area (Å²) in [5.74, 6) is 0.875. The summed E-state index contributed by atoms with van der Waals surface area (Å²) in [7, 11) is -1.32. The molecule has 32 heavy (non-hydrogen) atoms. The molecule has 0 bridgehead atoms. The lowest BCUT2D eigenvalue weighted by Gasteiger charge is -2.24. The number of thiol groups is 1. The summed E-state index contributed by atoms with van der Waals surface area (Å²) in [6.07, 6.45) is -2.19. The zero-order valence-electron chi connectivity index (χ0n) is 18.6. The van der Waals surface area contributed by atoms with Gasteiger partial charge in [-0.1, -0.05) is 16.9 Å². The smallest absolute Gasteiger partial charge is 0.417 e. The summed E-state index contributed by atoms with van der Waals surface area (Å²) in [5.41, 5.74) is -1.03. The molecule has 0 N–H and O–H groups in total. The van der Waals surface area contributed by atoms with Crippen molar-refractivity contribution >= 4 is 21.1 Å². The van der Waals surface area contributed by atoms with E-state index in [0.29, 0.717) is 22.1 Å². The highest BCUT2D eigenvalue weighted by atomic mass is 32.2. The van der Waals surface area contributed by atoms with Crippen molar-refractivity contribution in [1.29, 1.82) is 5.26 Å². The highest BCUT2D eigenvalue weighted by molar-refractivity contribution is 8.02. The second kappa shape index (κ2) is 7.85. The van der Waals surface area contributed by atoms with Gasteiger partial charge in [-0.05, 0) is 39.2 Å². The van der Waals surface area contributed by atoms with E-state index in [0.717, 1.165) is 12.3 Å². The fourth-order valence-electron chi connectivity index (χ4n) is 3.12. The van der Waals surface area contributed by atoms with Gasteiger partial charge in [0.2, 0.25) is 0 Å². The van der Waals surface area contributed by atoms with Crippen molar-refractivity contribution in [3.05, 3.63) is 29.6 Å². The van der Waals surface area contributed by atoms with Gasteiger partial charge in [0.25, 0.3) is 0 Å². The monoisotopic (exact) mass is 467 g/mol. The van der Waals surface area contributed by atoms with E-state index in [4.69, 9.17) is 4.74 Å². The van der Waals surface area contributed by atoms with E-state index in [1.165, 1.54) is 4.57 Å². The van der Waals surface area contributed by atoms with Crippen LogP contribution in [0.4, 0.5) is 13.2 Å². The molecular formula is C21H24F3N5O2S. The Kier molecular flexibility index (Phi) is 5.80. The standard InChI is InChI=1S/C21H24F3N5O2S/c1-7-32(6,30)16-9-15(31-20(3,4)11-25)12(2)27-17(16)19-28-14-8-13(21(22,23)24)10-26-18(14)29(19)5/h8-10,32H,7H2,1-6H3. The third-order valence-electron chi connectivity index (χ3n) is 5.14. The van der Waals surface area contributed by atoms with E-state index in [1.807, 2.05) is 6.07 Å². The number of alkyl halides is 3. The largest absolute Gasteiger partial charge is 0.471 e. The Labute approximate surface area is 184 Å². The van der Waals surface area contributed by atoms with Gasteiger partial charge >= 0.3 is 6.18 Å². The number of rotatable bonds is 5. The van der Waals surface area contributed by atoms with Gasteiger partial charge in [-0.25, -0.2) is 15.0 Å². The Morgan fingerprint density at radius 2 is 1.91 bits per heavy atom. The predicted molar refractivity (Wildman–Crippen MR) is 116 cm³/mol. The molecular weight excluding hydrogens is 443 g/mol. The lowest BCUT2D eigenvalue weighted by molar-refractivity contribution is -0.137. The van der Waals surface area contributed by atoms with Crippen LogP contribution in [0.15, 0.2) is 23.2 Å². The maximum atomic E-state index is 13.4. The summed E-state index contributed by atoms with van der Waals surface area (Å²) < 4.78 is 60.1. The first-order valence-corrected chi connectivity index (χ1v) is 12.1. The molecule has 3 heterocycles. The second-order valence-electron chi connectivity index (χ2n) is 8.14. The van der Waals surface area contributed by atoms with Gasteiger partial charge in [0.05, 0.1) is 11.3 Å². The lowest BCUT2D eigenvalue weighted by Crippen LogP contribution is -2.26. The predicted octanol–water partition coefficient (Wildman–Crippen LogP) is 4.06. The van der Waals surface area contributed by atoms with Crippen molar-refractivity contribution in [2.75, 3.05) is 12.0 Å². The molecule has 0 saturated heterocycles. The van der Waals surface area contributed by atoms with Crippen molar-refractivity contribution in [3.8, 4) is 23.3 Å². The summed E-state index contributed by atoms with van der Waals surface area (Å²) in [5, 5.41) is 9.30. The highest BCUT2D eigenvalue weighted by Crippen LogP contribution is 2.36. The lowest BCUT2D eigenvalue weighted by atomic mass is 10.1. The van der Waals surface area contributed by atoms with Crippen LogP contribution < -0.4 is 4.74 Å². The maximum absolute atomic E-state index is 13.4. The third kappa shape index (κ3) is 4.32. The van der Waals surface area contributed by atoms with E-state index in [2.05, 4.69) is 15.0 Å². The Hall–Kier alpha value is -3.00. The average Bonchev–Trinajstić information content (AvgIpc) is 3.04. The quantitative estimate of drug-likeness (QED) is 0.569. The summed E-state index contributed by atoms with van der Waals surface area (Å²) in [6, 6.07) is 4.56. The molecule has 0 aliphatic rings. The van der Waals surface area contributed by atoms with E-state index in [9.17, 15) is 22.6 Å². The molecule has 0 saturated carbocycles. The first kappa shape index (κ1) is 23.7. The van der Waals surface area contributed by atoms with Gasteiger partial charge < -0.3 is 9.30 Å². The molecule has 172 valence electrons. The number of aromatic nitrogens is 4. The van der Waals surface area contributed by atoms with Crippen molar-refractivity contribution in [2.45, 2.75) is 44.4 Å². The number of hydrogen-bond acceptors (Lipinski definition) is 6. The minimum absolute atomic E-state index is 0.0519. The van der Waals surface area contributed by atoms with Crippen LogP contribution in [0, 0.1) is 18.3 Å². The molecule has 0 atom stereocenters. The van der Waals surface area contributed by atoms with Gasteiger partial charge in [-0.3, -0.25) is 4.21 Å². The molecule has 0 aliphatic carbocycles. The molecule has 3 rings (SSSR count). The minimum atomic E-state index is -4.55. The van der Waals surface area contributed by atoms with Gasteiger partial charge in [0.15, 0.2) is 17.1 Å². The molecule has 0 aromatic carbocycles. The zero-order valence-corrected chi connectivity index (χ0v) is 19.5. The molecule has 0 spiro atoms. The fraction of sp³-hybridized carbons (Fsp3) is 0.429. The van der Waals surface area contributed by atoms with Crippen LogP contribution in [0.1, 0.15) is 32.0 Å². The topological polar surface area (TPSA) is 93.7 Å². The average molecular weight is 468 g/mol. The van der Waals surface area contributed by atoms with Crippen LogP contribution in [-0.2, 0) is 23.2 Å². The number of pyridine rings is 2. The first-order chi connectivity index (χ1) is 14.7. The fourth-order valence-corrected chi connectivity index (χ4v) is 4.45. The van der Waals surface area contributed by atoms with Gasteiger partial charge in [0, 0.05) is 23.9 Å². The Morgan fingerprint density at radius 3 is 2.47 bits per heavy atom. The second-order valence-corrected chi connectivity index (χ2v) is 11.5. The maximum Gasteiger partial charge on any atom is 0.417 e. The van der Waals surface area contributed by atoms with Gasteiger partial charge in [-0.15, -0.1) is 0 Å². The number of ether oxygens (including phenoxy) is 1. The van der Waals surface area contributed by atoms with Crippen molar-refractivity contribution in [3.63, 3.8) is 0 Å². The Bertz CT molecular complexity index is 1290. The zero-order chi connectivity index (χ0) is 24.1. The van der Waals surface area contributed by atoms with Crippen LogP contribution in [0.3, 0.4) is 0 Å². The van der Waals surface area contributed by atoms with Gasteiger partial charge in [0.1, 0.15) is 23.0 Å². The molecule has 0 fully saturated rings. The normalized spacial score (nSPS) is 13.2. The molecule has 0 unspecified atom stereocenters. The van der Waals surface area contributed by atoms with Crippen molar-refractivity contribution in [2.24, 2.45) is 7.05 Å². The summed E-state index contributed by atoms with van der Waals surface area (Å²) >= 11 is 0. The minimum Gasteiger partial charge on any atom is -0.471 e. The molecule has 7 nitrogen and oxygen atoms in total. The van der Waals surface area contributed by atoms with Gasteiger partial charge in [-0.2, -0.15) is 18.4 Å². The highest BCUT2D eigenvalue weighted by Gasteiger charge is 2.32. The number of nitrogens with zero attached hydrogens (tertiary/aromatic N) is 5. The van der Waals surface area contributed by atoms with Crippen molar-refractivity contribution < 1.29 is 22.1 Å². The van der Waals surface area contributed by atoms with E-state index < -0.39 is 27.3 Å².